The molecule has 1 aromatic heterocycles. The van der Waals surface area contributed by atoms with Crippen LogP contribution in [0.25, 0.3) is 11.3 Å². The predicted octanol–water partition coefficient (Wildman–Crippen LogP) is 3.90. The first kappa shape index (κ1) is 14.1. The van der Waals surface area contributed by atoms with Gasteiger partial charge in [0.05, 0.1) is 11.3 Å². The van der Waals surface area contributed by atoms with Gasteiger partial charge in [-0.25, -0.2) is 4.98 Å². The van der Waals surface area contributed by atoms with Gasteiger partial charge in [-0.15, -0.1) is 0 Å². The van der Waals surface area contributed by atoms with E-state index < -0.39 is 0 Å². The van der Waals surface area contributed by atoms with Crippen molar-refractivity contribution in [3.05, 3.63) is 46.0 Å². The van der Waals surface area contributed by atoms with E-state index in [9.17, 15) is 0 Å². The molecule has 0 fully saturated rings. The van der Waals surface area contributed by atoms with Crippen LogP contribution in [0.5, 0.6) is 0 Å². The molecule has 2 aromatic rings. The topological polar surface area (TPSA) is 48.7 Å². The van der Waals surface area contributed by atoms with Gasteiger partial charge < -0.3 is 5.32 Å². The first-order valence-electron chi connectivity index (χ1n) is 6.66. The molecule has 1 N–H and O–H groups in total. The normalized spacial score (nSPS) is 10.2. The van der Waals surface area contributed by atoms with Crippen LogP contribution in [0.15, 0.2) is 18.2 Å². The van der Waals surface area contributed by atoms with Crippen LogP contribution in [0, 0.1) is 39.0 Å². The Kier molecular flexibility index (Phi) is 3.76. The van der Waals surface area contributed by atoms with Gasteiger partial charge in [-0.3, -0.25) is 0 Å². The van der Waals surface area contributed by atoms with Crippen molar-refractivity contribution >= 4 is 5.82 Å². The molecular formula is C17H19N3. The van der Waals surface area contributed by atoms with Crippen molar-refractivity contribution in [2.45, 2.75) is 27.7 Å². The van der Waals surface area contributed by atoms with Crippen molar-refractivity contribution in [3.8, 4) is 17.3 Å². The second kappa shape index (κ2) is 5.34. The van der Waals surface area contributed by atoms with E-state index in [0.29, 0.717) is 11.4 Å². The summed E-state index contributed by atoms with van der Waals surface area (Å²) in [4.78, 5) is 4.60. The van der Waals surface area contributed by atoms with Gasteiger partial charge in [-0.2, -0.15) is 5.26 Å². The lowest BCUT2D eigenvalue weighted by molar-refractivity contribution is 1.20. The van der Waals surface area contributed by atoms with E-state index in [4.69, 9.17) is 5.26 Å². The summed E-state index contributed by atoms with van der Waals surface area (Å²) < 4.78 is 0. The smallest absolute Gasteiger partial charge is 0.144 e. The summed E-state index contributed by atoms with van der Waals surface area (Å²) in [5, 5.41) is 12.1. The Labute approximate surface area is 120 Å². The first-order valence-corrected chi connectivity index (χ1v) is 6.66. The van der Waals surface area contributed by atoms with Crippen molar-refractivity contribution in [1.82, 2.24) is 4.98 Å². The molecule has 0 aliphatic rings. The molecule has 3 heteroatoms. The zero-order chi connectivity index (χ0) is 14.9. The van der Waals surface area contributed by atoms with Crippen LogP contribution in [0.4, 0.5) is 5.82 Å². The van der Waals surface area contributed by atoms with Crippen molar-refractivity contribution in [3.63, 3.8) is 0 Å². The van der Waals surface area contributed by atoms with E-state index in [1.165, 1.54) is 27.8 Å². The summed E-state index contributed by atoms with van der Waals surface area (Å²) in [5.74, 6) is 0.628. The number of rotatable bonds is 2. The molecule has 0 radical (unpaired) electrons. The molecule has 1 aromatic carbocycles. The molecule has 0 bridgehead atoms. The Morgan fingerprint density at radius 3 is 2.15 bits per heavy atom. The minimum atomic E-state index is 0.566. The Balaban J connectivity index is 2.73. The Bertz CT molecular complexity index is 683. The number of nitrogens with one attached hydrogen (secondary N) is 1. The highest BCUT2D eigenvalue weighted by Gasteiger charge is 2.13. The van der Waals surface area contributed by atoms with E-state index in [-0.39, 0.29) is 0 Å². The SMILES string of the molecule is CNc1nc(-c2c(C)c(C)cc(C)c2C)ccc1C#N. The number of nitrogens with zero attached hydrogens (tertiary/aromatic N) is 2. The number of hydrogen-bond donors (Lipinski definition) is 1. The number of nitriles is 1. The van der Waals surface area contributed by atoms with Crippen LogP contribution in [-0.2, 0) is 0 Å². The van der Waals surface area contributed by atoms with Crippen molar-refractivity contribution < 1.29 is 0 Å². The van der Waals surface area contributed by atoms with Crippen LogP contribution in [0.2, 0.25) is 0 Å². The van der Waals surface area contributed by atoms with E-state index in [1.54, 1.807) is 7.05 Å². The molecule has 0 amide bonds. The van der Waals surface area contributed by atoms with Gasteiger partial charge in [-0.05, 0) is 62.1 Å². The maximum atomic E-state index is 9.08. The van der Waals surface area contributed by atoms with Gasteiger partial charge in [-0.1, -0.05) is 6.07 Å². The zero-order valence-corrected chi connectivity index (χ0v) is 12.6. The summed E-state index contributed by atoms with van der Waals surface area (Å²) in [6.07, 6.45) is 0. The first-order chi connectivity index (χ1) is 9.49. The quantitative estimate of drug-likeness (QED) is 0.896. The van der Waals surface area contributed by atoms with Gasteiger partial charge in [0, 0.05) is 12.6 Å². The fourth-order valence-corrected chi connectivity index (χ4v) is 2.48. The lowest BCUT2D eigenvalue weighted by Crippen LogP contribution is -2.01. The Morgan fingerprint density at radius 2 is 1.65 bits per heavy atom. The molecule has 20 heavy (non-hydrogen) atoms. The van der Waals surface area contributed by atoms with Gasteiger partial charge in [0.25, 0.3) is 0 Å². The third kappa shape index (κ3) is 2.25. The van der Waals surface area contributed by atoms with Crippen molar-refractivity contribution in [2.24, 2.45) is 0 Å². The van der Waals surface area contributed by atoms with Gasteiger partial charge >= 0.3 is 0 Å². The van der Waals surface area contributed by atoms with Crippen LogP contribution >= 0.6 is 0 Å². The van der Waals surface area contributed by atoms with Gasteiger partial charge in [0.2, 0.25) is 0 Å². The fourth-order valence-electron chi connectivity index (χ4n) is 2.48. The van der Waals surface area contributed by atoms with Gasteiger partial charge in [0.1, 0.15) is 11.9 Å². The maximum Gasteiger partial charge on any atom is 0.144 e. The molecule has 3 nitrogen and oxygen atoms in total. The number of benzene rings is 1. The monoisotopic (exact) mass is 265 g/mol. The molecule has 0 saturated heterocycles. The van der Waals surface area contributed by atoms with Crippen LogP contribution in [0.1, 0.15) is 27.8 Å². The molecule has 0 unspecified atom stereocenters. The second-order valence-electron chi connectivity index (χ2n) is 5.09. The molecule has 0 saturated carbocycles. The van der Waals surface area contributed by atoms with Crippen LogP contribution in [-0.4, -0.2) is 12.0 Å². The number of anilines is 1. The maximum absolute atomic E-state index is 9.08. The highest BCUT2D eigenvalue weighted by Crippen LogP contribution is 2.31. The minimum Gasteiger partial charge on any atom is -0.372 e. The second-order valence-corrected chi connectivity index (χ2v) is 5.09. The standard InChI is InChI=1S/C17H19N3/c1-10-8-11(2)13(4)16(12(10)3)15-7-6-14(9-18)17(19-5)20-15/h6-8H,1-5H3,(H,19,20). The summed E-state index contributed by atoms with van der Waals surface area (Å²) in [6.45, 7) is 8.48. The summed E-state index contributed by atoms with van der Waals surface area (Å²) in [5.41, 5.74) is 7.66. The third-order valence-electron chi connectivity index (χ3n) is 3.87. The zero-order valence-electron chi connectivity index (χ0n) is 12.6. The lowest BCUT2D eigenvalue weighted by Gasteiger charge is -2.15. The Morgan fingerprint density at radius 1 is 1.05 bits per heavy atom. The molecule has 0 aliphatic heterocycles. The largest absolute Gasteiger partial charge is 0.372 e. The molecule has 102 valence electrons. The van der Waals surface area contributed by atoms with E-state index in [2.05, 4.69) is 50.1 Å². The average Bonchev–Trinajstić information content (AvgIpc) is 2.45. The lowest BCUT2D eigenvalue weighted by atomic mass is 9.92. The highest BCUT2D eigenvalue weighted by molar-refractivity contribution is 5.72. The number of pyridine rings is 1. The summed E-state index contributed by atoms with van der Waals surface area (Å²) >= 11 is 0. The molecule has 0 atom stereocenters. The van der Waals surface area contributed by atoms with Crippen molar-refractivity contribution in [2.75, 3.05) is 12.4 Å². The van der Waals surface area contributed by atoms with E-state index in [0.717, 1.165) is 5.69 Å². The average molecular weight is 265 g/mol. The van der Waals surface area contributed by atoms with Crippen LogP contribution in [0.3, 0.4) is 0 Å². The number of hydrogen-bond acceptors (Lipinski definition) is 3. The van der Waals surface area contributed by atoms with Crippen molar-refractivity contribution in [1.29, 1.82) is 5.26 Å². The molecule has 1 heterocycles. The predicted molar refractivity (Wildman–Crippen MR) is 82.9 cm³/mol. The van der Waals surface area contributed by atoms with Gasteiger partial charge in [0.15, 0.2) is 0 Å². The molecule has 0 spiro atoms. The summed E-state index contributed by atoms with van der Waals surface area (Å²) in [6, 6.07) is 8.11. The van der Waals surface area contributed by atoms with Crippen LogP contribution < -0.4 is 5.32 Å². The molecule has 2 rings (SSSR count). The number of aryl methyl sites for hydroxylation is 2. The minimum absolute atomic E-state index is 0.566. The Hall–Kier alpha value is -2.34. The fraction of sp³-hybridized carbons (Fsp3) is 0.294. The van der Waals surface area contributed by atoms with E-state index >= 15 is 0 Å². The van der Waals surface area contributed by atoms with E-state index in [1.807, 2.05) is 12.1 Å². The third-order valence-corrected chi connectivity index (χ3v) is 3.87. The highest BCUT2D eigenvalue weighted by atomic mass is 15.0. The summed E-state index contributed by atoms with van der Waals surface area (Å²) in [7, 11) is 1.79. The molecular weight excluding hydrogens is 246 g/mol. The molecule has 0 aliphatic carbocycles. The number of aromatic nitrogens is 1.